The van der Waals surface area contributed by atoms with Crippen LogP contribution in [0.1, 0.15) is 36.6 Å². The largest absolute Gasteiger partial charge is 0.340 e. The van der Waals surface area contributed by atoms with E-state index in [4.69, 9.17) is 0 Å². The average molecular weight is 435 g/mol. The van der Waals surface area contributed by atoms with Crippen LogP contribution in [0, 0.1) is 6.92 Å². The molecule has 0 saturated carbocycles. The van der Waals surface area contributed by atoms with Gasteiger partial charge in [-0.25, -0.2) is 0 Å². The van der Waals surface area contributed by atoms with E-state index in [0.29, 0.717) is 19.6 Å². The molecule has 2 aliphatic heterocycles. The standard InChI is InChI=1S/C25H30N4O3/c1-3-29-23(31)17-25(24(29)32,21-10-5-4-8-19(21)2)16-22(30)28-14-12-27(13-15-28)18-20-9-6-7-11-26-20/h4-11H,3,12-18H2,1-2H3/t25-/m1/s1. The summed E-state index contributed by atoms with van der Waals surface area (Å²) in [6, 6.07) is 13.5. The Kier molecular flexibility index (Phi) is 6.37. The molecule has 2 saturated heterocycles. The molecule has 32 heavy (non-hydrogen) atoms. The van der Waals surface area contributed by atoms with E-state index in [1.807, 2.05) is 54.3 Å². The number of rotatable bonds is 6. The first kappa shape index (κ1) is 22.1. The molecule has 3 amide bonds. The summed E-state index contributed by atoms with van der Waals surface area (Å²) in [5, 5.41) is 0. The number of hydrogen-bond donors (Lipinski definition) is 0. The first-order valence-electron chi connectivity index (χ1n) is 11.3. The van der Waals surface area contributed by atoms with Crippen molar-refractivity contribution < 1.29 is 14.4 Å². The van der Waals surface area contributed by atoms with Crippen LogP contribution in [0.3, 0.4) is 0 Å². The van der Waals surface area contributed by atoms with Gasteiger partial charge in [-0.15, -0.1) is 0 Å². The van der Waals surface area contributed by atoms with Crippen LogP contribution in [0.4, 0.5) is 0 Å². The van der Waals surface area contributed by atoms with Crippen molar-refractivity contribution in [3.8, 4) is 0 Å². The number of likely N-dealkylation sites (N-methyl/N-ethyl adjacent to an activating group) is 1. The molecule has 0 N–H and O–H groups in total. The van der Waals surface area contributed by atoms with Crippen molar-refractivity contribution in [1.29, 1.82) is 0 Å². The van der Waals surface area contributed by atoms with Crippen LogP contribution in [-0.2, 0) is 26.3 Å². The minimum Gasteiger partial charge on any atom is -0.340 e. The van der Waals surface area contributed by atoms with Crippen molar-refractivity contribution in [2.75, 3.05) is 32.7 Å². The minimum atomic E-state index is -1.11. The topological polar surface area (TPSA) is 73.8 Å². The number of aromatic nitrogens is 1. The molecular formula is C25H30N4O3. The number of carbonyl (C=O) groups is 3. The molecule has 4 rings (SSSR count). The van der Waals surface area contributed by atoms with Gasteiger partial charge in [0.1, 0.15) is 0 Å². The van der Waals surface area contributed by atoms with E-state index in [1.54, 1.807) is 13.1 Å². The van der Waals surface area contributed by atoms with Gasteiger partial charge in [0.25, 0.3) is 0 Å². The molecule has 7 heteroatoms. The van der Waals surface area contributed by atoms with Crippen LogP contribution in [-0.4, -0.2) is 70.1 Å². The second-order valence-electron chi connectivity index (χ2n) is 8.67. The lowest BCUT2D eigenvalue weighted by molar-refractivity contribution is -0.143. The Labute approximate surface area is 189 Å². The predicted octanol–water partition coefficient (Wildman–Crippen LogP) is 2.14. The summed E-state index contributed by atoms with van der Waals surface area (Å²) in [7, 11) is 0. The lowest BCUT2D eigenvalue weighted by Gasteiger charge is -2.37. The fourth-order valence-corrected chi connectivity index (χ4v) is 4.92. The van der Waals surface area contributed by atoms with Crippen molar-refractivity contribution in [2.24, 2.45) is 0 Å². The Morgan fingerprint density at radius 1 is 1.03 bits per heavy atom. The number of benzene rings is 1. The van der Waals surface area contributed by atoms with Gasteiger partial charge in [-0.1, -0.05) is 30.3 Å². The van der Waals surface area contributed by atoms with Crippen LogP contribution in [0.2, 0.25) is 0 Å². The Balaban J connectivity index is 1.49. The summed E-state index contributed by atoms with van der Waals surface area (Å²) >= 11 is 0. The summed E-state index contributed by atoms with van der Waals surface area (Å²) in [4.78, 5) is 49.2. The first-order chi connectivity index (χ1) is 15.4. The van der Waals surface area contributed by atoms with Gasteiger partial charge in [0.15, 0.2) is 0 Å². The fraction of sp³-hybridized carbons (Fsp3) is 0.440. The number of nitrogens with zero attached hydrogens (tertiary/aromatic N) is 4. The Bertz CT molecular complexity index is 1000. The molecule has 0 bridgehead atoms. The molecule has 0 unspecified atom stereocenters. The molecule has 2 fully saturated rings. The van der Waals surface area contributed by atoms with Gasteiger partial charge in [0, 0.05) is 58.3 Å². The number of imide groups is 1. The molecular weight excluding hydrogens is 404 g/mol. The zero-order chi connectivity index (χ0) is 22.7. The summed E-state index contributed by atoms with van der Waals surface area (Å²) in [5.74, 6) is -0.514. The highest BCUT2D eigenvalue weighted by atomic mass is 16.2. The minimum absolute atomic E-state index is 0.0270. The summed E-state index contributed by atoms with van der Waals surface area (Å²) in [6.07, 6.45) is 1.87. The number of pyridine rings is 1. The van der Waals surface area contributed by atoms with Gasteiger partial charge in [0.05, 0.1) is 11.1 Å². The molecule has 0 spiro atoms. The van der Waals surface area contributed by atoms with E-state index in [1.165, 1.54) is 4.90 Å². The smallest absolute Gasteiger partial charge is 0.240 e. The van der Waals surface area contributed by atoms with Gasteiger partial charge >= 0.3 is 0 Å². The summed E-state index contributed by atoms with van der Waals surface area (Å²) in [6.45, 7) is 7.54. The normalized spacial score (nSPS) is 21.9. The maximum Gasteiger partial charge on any atom is 0.240 e. The quantitative estimate of drug-likeness (QED) is 0.652. The second-order valence-corrected chi connectivity index (χ2v) is 8.67. The predicted molar refractivity (Wildman–Crippen MR) is 121 cm³/mol. The molecule has 1 atom stereocenters. The maximum atomic E-state index is 13.4. The van der Waals surface area contributed by atoms with Gasteiger partial charge in [-0.3, -0.25) is 29.2 Å². The second kappa shape index (κ2) is 9.20. The number of amides is 3. The van der Waals surface area contributed by atoms with E-state index in [9.17, 15) is 14.4 Å². The lowest BCUT2D eigenvalue weighted by Crippen LogP contribution is -2.50. The maximum absolute atomic E-state index is 13.4. The van der Waals surface area contributed by atoms with Crippen molar-refractivity contribution in [3.05, 3.63) is 65.5 Å². The third kappa shape index (κ3) is 4.17. The highest BCUT2D eigenvalue weighted by Gasteiger charge is 2.54. The van der Waals surface area contributed by atoms with Gasteiger partial charge in [0.2, 0.25) is 17.7 Å². The molecule has 0 radical (unpaired) electrons. The number of likely N-dealkylation sites (tertiary alicyclic amines) is 1. The Hall–Kier alpha value is -3.06. The highest BCUT2D eigenvalue weighted by Crippen LogP contribution is 2.41. The van der Waals surface area contributed by atoms with E-state index in [2.05, 4.69) is 9.88 Å². The number of hydrogen-bond acceptors (Lipinski definition) is 5. The third-order valence-electron chi connectivity index (χ3n) is 6.68. The molecule has 168 valence electrons. The van der Waals surface area contributed by atoms with Crippen molar-refractivity contribution in [3.63, 3.8) is 0 Å². The number of aryl methyl sites for hydroxylation is 1. The monoisotopic (exact) mass is 434 g/mol. The fourth-order valence-electron chi connectivity index (χ4n) is 4.92. The zero-order valence-corrected chi connectivity index (χ0v) is 18.8. The molecule has 0 aliphatic carbocycles. The highest BCUT2D eigenvalue weighted by molar-refractivity contribution is 6.10. The van der Waals surface area contributed by atoms with Crippen molar-refractivity contribution in [2.45, 2.75) is 38.6 Å². The molecule has 1 aromatic heterocycles. The molecule has 7 nitrogen and oxygen atoms in total. The van der Waals surface area contributed by atoms with Crippen LogP contribution in [0.25, 0.3) is 0 Å². The lowest BCUT2D eigenvalue weighted by atomic mass is 9.74. The van der Waals surface area contributed by atoms with Gasteiger partial charge in [-0.05, 0) is 37.1 Å². The van der Waals surface area contributed by atoms with Gasteiger partial charge in [-0.2, -0.15) is 0 Å². The Morgan fingerprint density at radius 3 is 2.38 bits per heavy atom. The molecule has 2 aromatic rings. The average Bonchev–Trinajstić information content (AvgIpc) is 3.04. The summed E-state index contributed by atoms with van der Waals surface area (Å²) < 4.78 is 0. The van der Waals surface area contributed by atoms with Crippen LogP contribution < -0.4 is 0 Å². The molecule has 3 heterocycles. The van der Waals surface area contributed by atoms with Crippen LogP contribution in [0.15, 0.2) is 48.7 Å². The molecule has 2 aliphatic rings. The van der Waals surface area contributed by atoms with Gasteiger partial charge < -0.3 is 4.90 Å². The summed E-state index contributed by atoms with van der Waals surface area (Å²) in [5.41, 5.74) is 1.62. The van der Waals surface area contributed by atoms with Crippen LogP contribution in [0.5, 0.6) is 0 Å². The van der Waals surface area contributed by atoms with E-state index < -0.39 is 5.41 Å². The van der Waals surface area contributed by atoms with E-state index in [-0.39, 0.29) is 30.6 Å². The number of piperazine rings is 1. The van der Waals surface area contributed by atoms with E-state index in [0.717, 1.165) is 36.5 Å². The van der Waals surface area contributed by atoms with Crippen LogP contribution >= 0.6 is 0 Å². The number of carbonyl (C=O) groups excluding carboxylic acids is 3. The van der Waals surface area contributed by atoms with Crippen molar-refractivity contribution in [1.82, 2.24) is 19.7 Å². The zero-order valence-electron chi connectivity index (χ0n) is 18.8. The molecule has 1 aromatic carbocycles. The first-order valence-corrected chi connectivity index (χ1v) is 11.3. The SMILES string of the molecule is CCN1C(=O)C[C@](CC(=O)N2CCN(Cc3ccccn3)CC2)(c2ccccc2C)C1=O. The Morgan fingerprint density at radius 2 is 1.75 bits per heavy atom. The van der Waals surface area contributed by atoms with E-state index >= 15 is 0 Å². The third-order valence-corrected chi connectivity index (χ3v) is 6.68. The van der Waals surface area contributed by atoms with Crippen molar-refractivity contribution >= 4 is 17.7 Å².